The van der Waals surface area contributed by atoms with E-state index in [1.54, 1.807) is 0 Å². The fraction of sp³-hybridized carbons (Fsp3) is 0.0645. The molecule has 0 amide bonds. The Labute approximate surface area is 200 Å². The van der Waals surface area contributed by atoms with Crippen molar-refractivity contribution in [1.82, 2.24) is 19.4 Å². The third-order valence-electron chi connectivity index (χ3n) is 7.87. The molecule has 0 radical (unpaired) electrons. The highest BCUT2D eigenvalue weighted by molar-refractivity contribution is 6.11. The SMILES string of the molecule is c1ccc2c(c1)Cc1cc3c(cc1-2)Cc1cc2nc4c5cccnc5c5cccnc5n4c2cc1-3. The van der Waals surface area contributed by atoms with Crippen LogP contribution in [0.2, 0.25) is 0 Å². The van der Waals surface area contributed by atoms with Gasteiger partial charge in [-0.1, -0.05) is 24.3 Å². The van der Waals surface area contributed by atoms with Crippen LogP contribution in [0, 0.1) is 0 Å². The third-order valence-corrected chi connectivity index (χ3v) is 7.87. The number of benzene rings is 3. The molecule has 0 bridgehead atoms. The van der Waals surface area contributed by atoms with Crippen molar-refractivity contribution in [3.05, 3.63) is 107 Å². The molecule has 2 aliphatic rings. The topological polar surface area (TPSA) is 43.1 Å². The fourth-order valence-electron chi connectivity index (χ4n) is 6.35. The minimum absolute atomic E-state index is 0.902. The van der Waals surface area contributed by atoms with Gasteiger partial charge >= 0.3 is 0 Å². The summed E-state index contributed by atoms with van der Waals surface area (Å²) >= 11 is 0. The zero-order valence-corrected chi connectivity index (χ0v) is 18.8. The summed E-state index contributed by atoms with van der Waals surface area (Å²) in [6.07, 6.45) is 5.66. The lowest BCUT2D eigenvalue weighted by atomic mass is 9.98. The Bertz CT molecular complexity index is 2070. The number of imidazole rings is 1. The van der Waals surface area contributed by atoms with Gasteiger partial charge in [0.1, 0.15) is 11.3 Å². The van der Waals surface area contributed by atoms with E-state index in [1.165, 1.54) is 44.5 Å². The second kappa shape index (κ2) is 6.10. The number of fused-ring (bicyclic) bond motifs is 14. The van der Waals surface area contributed by atoms with Gasteiger partial charge in [-0.25, -0.2) is 9.97 Å². The van der Waals surface area contributed by atoms with Crippen LogP contribution in [-0.4, -0.2) is 19.4 Å². The molecule has 0 unspecified atom stereocenters. The van der Waals surface area contributed by atoms with E-state index in [4.69, 9.17) is 9.97 Å². The zero-order valence-electron chi connectivity index (χ0n) is 18.8. The van der Waals surface area contributed by atoms with Gasteiger partial charge in [-0.05, 0) is 106 Å². The van der Waals surface area contributed by atoms with Gasteiger partial charge in [0, 0.05) is 23.2 Å². The van der Waals surface area contributed by atoms with Gasteiger partial charge in [0.2, 0.25) is 0 Å². The molecule has 0 fully saturated rings. The van der Waals surface area contributed by atoms with Crippen LogP contribution in [0.15, 0.2) is 85.2 Å². The summed E-state index contributed by atoms with van der Waals surface area (Å²) in [5.41, 5.74) is 16.0. The number of nitrogens with zero attached hydrogens (tertiary/aromatic N) is 4. The van der Waals surface area contributed by atoms with Crippen LogP contribution in [0.4, 0.5) is 0 Å². The zero-order chi connectivity index (χ0) is 22.7. The van der Waals surface area contributed by atoms with Crippen LogP contribution < -0.4 is 0 Å². The predicted octanol–water partition coefficient (Wildman–Crippen LogP) is 6.73. The monoisotopic (exact) mass is 446 g/mol. The molecule has 4 nitrogen and oxygen atoms in total. The maximum atomic E-state index is 5.11. The van der Waals surface area contributed by atoms with Crippen molar-refractivity contribution in [3.63, 3.8) is 0 Å². The Balaban J connectivity index is 1.35. The van der Waals surface area contributed by atoms with Crippen molar-refractivity contribution in [3.8, 4) is 22.3 Å². The molecule has 0 spiro atoms. The minimum Gasteiger partial charge on any atom is -0.276 e. The Kier molecular flexibility index (Phi) is 3.11. The maximum absolute atomic E-state index is 5.11. The van der Waals surface area contributed by atoms with Crippen molar-refractivity contribution < 1.29 is 0 Å². The molecule has 0 saturated carbocycles. The van der Waals surface area contributed by atoms with Crippen molar-refractivity contribution in [2.45, 2.75) is 12.8 Å². The Morgan fingerprint density at radius 2 is 1.26 bits per heavy atom. The lowest BCUT2D eigenvalue weighted by molar-refractivity contribution is 1.23. The molecule has 0 saturated heterocycles. The van der Waals surface area contributed by atoms with Gasteiger partial charge in [0.05, 0.1) is 16.6 Å². The molecule has 35 heavy (non-hydrogen) atoms. The molecule has 0 aliphatic heterocycles. The van der Waals surface area contributed by atoms with E-state index in [2.05, 4.69) is 70.0 Å². The number of hydrogen-bond acceptors (Lipinski definition) is 3. The highest BCUT2D eigenvalue weighted by atomic mass is 15.1. The first kappa shape index (κ1) is 17.8. The summed E-state index contributed by atoms with van der Waals surface area (Å²) in [6, 6.07) is 26.5. The van der Waals surface area contributed by atoms with Gasteiger partial charge < -0.3 is 0 Å². The molecule has 4 heteroatoms. The molecule has 2 aliphatic carbocycles. The first-order chi connectivity index (χ1) is 17.3. The van der Waals surface area contributed by atoms with Gasteiger partial charge in [-0.15, -0.1) is 0 Å². The van der Waals surface area contributed by atoms with Crippen LogP contribution in [0.5, 0.6) is 0 Å². The van der Waals surface area contributed by atoms with Crippen molar-refractivity contribution in [2.24, 2.45) is 0 Å². The van der Waals surface area contributed by atoms with Crippen molar-refractivity contribution >= 4 is 38.6 Å². The van der Waals surface area contributed by atoms with Crippen LogP contribution in [0.25, 0.3) is 60.9 Å². The van der Waals surface area contributed by atoms with E-state index < -0.39 is 0 Å². The van der Waals surface area contributed by atoms with E-state index >= 15 is 0 Å². The highest BCUT2D eigenvalue weighted by Crippen LogP contribution is 2.46. The van der Waals surface area contributed by atoms with E-state index in [-0.39, 0.29) is 0 Å². The van der Waals surface area contributed by atoms with Crippen LogP contribution in [0.1, 0.15) is 22.3 Å². The van der Waals surface area contributed by atoms with Crippen molar-refractivity contribution in [2.75, 3.05) is 0 Å². The molecule has 4 aromatic heterocycles. The molecule has 4 heterocycles. The van der Waals surface area contributed by atoms with Gasteiger partial charge in [-0.2, -0.15) is 0 Å². The lowest BCUT2D eigenvalue weighted by Crippen LogP contribution is -1.95. The normalized spacial score (nSPS) is 13.5. The molecular weight excluding hydrogens is 428 g/mol. The summed E-state index contributed by atoms with van der Waals surface area (Å²) in [4.78, 5) is 14.6. The Hall–Kier alpha value is -4.57. The molecule has 9 rings (SSSR count). The summed E-state index contributed by atoms with van der Waals surface area (Å²) in [6.45, 7) is 0. The predicted molar refractivity (Wildman–Crippen MR) is 140 cm³/mol. The largest absolute Gasteiger partial charge is 0.276 e. The average molecular weight is 447 g/mol. The second-order valence-corrected chi connectivity index (χ2v) is 9.72. The number of aromatic nitrogens is 4. The molecule has 0 N–H and O–H groups in total. The standard InChI is InChI=1S/C31H18N4/c1-2-6-21-17(5-1)11-18-14-25-19(13-24(18)21)12-20-15-27-28(16-26(20)25)35-30-22(7-4-10-33-30)29-23(31(35)34-27)8-3-9-32-29/h1-10,13-16H,11-12H2. The maximum Gasteiger partial charge on any atom is 0.149 e. The summed E-state index contributed by atoms with van der Waals surface area (Å²) in [5.74, 6) is 0. The molecule has 7 aromatic rings. The first-order valence-electron chi connectivity index (χ1n) is 12.0. The Morgan fingerprint density at radius 3 is 2.14 bits per heavy atom. The van der Waals surface area contributed by atoms with E-state index in [0.717, 1.165) is 51.5 Å². The van der Waals surface area contributed by atoms with E-state index in [9.17, 15) is 0 Å². The van der Waals surface area contributed by atoms with E-state index in [0.29, 0.717) is 0 Å². The number of pyridine rings is 3. The highest BCUT2D eigenvalue weighted by Gasteiger charge is 2.26. The second-order valence-electron chi connectivity index (χ2n) is 9.72. The fourth-order valence-corrected chi connectivity index (χ4v) is 6.35. The summed E-state index contributed by atoms with van der Waals surface area (Å²) in [7, 11) is 0. The number of hydrogen-bond donors (Lipinski definition) is 0. The molecule has 0 atom stereocenters. The number of rotatable bonds is 0. The first-order valence-corrected chi connectivity index (χ1v) is 12.0. The van der Waals surface area contributed by atoms with Gasteiger partial charge in [0.25, 0.3) is 0 Å². The van der Waals surface area contributed by atoms with Crippen LogP contribution in [-0.2, 0) is 12.8 Å². The molecule has 162 valence electrons. The van der Waals surface area contributed by atoms with Gasteiger partial charge in [0.15, 0.2) is 0 Å². The quantitative estimate of drug-likeness (QED) is 0.243. The van der Waals surface area contributed by atoms with Crippen molar-refractivity contribution in [1.29, 1.82) is 0 Å². The Morgan fingerprint density at radius 1 is 0.571 bits per heavy atom. The third kappa shape index (κ3) is 2.20. The minimum atomic E-state index is 0.902. The van der Waals surface area contributed by atoms with Crippen LogP contribution >= 0.6 is 0 Å². The smallest absolute Gasteiger partial charge is 0.149 e. The molecule has 3 aromatic carbocycles. The van der Waals surface area contributed by atoms with Crippen LogP contribution in [0.3, 0.4) is 0 Å². The lowest BCUT2D eigenvalue weighted by Gasteiger charge is -2.08. The summed E-state index contributed by atoms with van der Waals surface area (Å²) < 4.78 is 2.22. The van der Waals surface area contributed by atoms with E-state index in [1.807, 2.05) is 24.5 Å². The van der Waals surface area contributed by atoms with Gasteiger partial charge in [-0.3, -0.25) is 9.38 Å². The average Bonchev–Trinajstić information content (AvgIpc) is 3.56. The summed E-state index contributed by atoms with van der Waals surface area (Å²) in [5, 5.41) is 2.10. The molecular formula is C31H18N4.